The number of hydrogen-bond donors (Lipinski definition) is 1. The van der Waals surface area contributed by atoms with Crippen LogP contribution in [0.4, 0.5) is 18.9 Å². The number of fused-ring (bicyclic) bond motifs is 2. The lowest BCUT2D eigenvalue weighted by molar-refractivity contribution is -0.137. The fourth-order valence-electron chi connectivity index (χ4n) is 5.16. The zero-order valence-corrected chi connectivity index (χ0v) is 21.2. The minimum Gasteiger partial charge on any atom is -0.454 e. The van der Waals surface area contributed by atoms with E-state index in [9.17, 15) is 13.2 Å². The van der Waals surface area contributed by atoms with Crippen LogP contribution in [0.5, 0.6) is 11.5 Å². The van der Waals surface area contributed by atoms with Crippen molar-refractivity contribution in [1.82, 2.24) is 14.8 Å². The van der Waals surface area contributed by atoms with Crippen molar-refractivity contribution in [1.29, 1.82) is 0 Å². The number of alkyl halides is 3. The first-order valence-electron chi connectivity index (χ1n) is 12.8. The molecule has 0 radical (unpaired) electrons. The Bertz CT molecular complexity index is 1230. The largest absolute Gasteiger partial charge is 0.454 e. The number of benzene rings is 2. The summed E-state index contributed by atoms with van der Waals surface area (Å²) in [5.74, 6) is 2.10. The molecule has 3 aromatic rings. The number of anilines is 1. The fraction of sp³-hybridized carbons (Fsp3) is 0.464. The van der Waals surface area contributed by atoms with Crippen LogP contribution >= 0.6 is 0 Å². The van der Waals surface area contributed by atoms with Gasteiger partial charge in [-0.2, -0.15) is 13.2 Å². The molecule has 1 saturated heterocycles. The van der Waals surface area contributed by atoms with Gasteiger partial charge in [-0.1, -0.05) is 26.0 Å². The standard InChI is InChI=1S/C28H33F3N4O2/c1-19(2)13-22(33-24-7-8-32-25-15-21(28(29,30)31)4-5-23(24)25)17-35-11-9-34(10-12-35)16-20-3-6-26-27(14-20)37-18-36-26/h3-8,14-15,19,22H,9-13,16-18H2,1-2H3,(H,32,33). The summed E-state index contributed by atoms with van der Waals surface area (Å²) in [4.78, 5) is 9.12. The summed E-state index contributed by atoms with van der Waals surface area (Å²) in [7, 11) is 0. The van der Waals surface area contributed by atoms with Gasteiger partial charge in [-0.25, -0.2) is 0 Å². The van der Waals surface area contributed by atoms with Gasteiger partial charge in [0.1, 0.15) is 0 Å². The summed E-state index contributed by atoms with van der Waals surface area (Å²) >= 11 is 0. The van der Waals surface area contributed by atoms with Crippen molar-refractivity contribution in [3.8, 4) is 11.5 Å². The predicted octanol–water partition coefficient (Wildman–Crippen LogP) is 5.63. The quantitative estimate of drug-likeness (QED) is 0.421. The van der Waals surface area contributed by atoms with Crippen molar-refractivity contribution in [3.05, 3.63) is 59.8 Å². The molecule has 0 spiro atoms. The summed E-state index contributed by atoms with van der Waals surface area (Å²) in [6.07, 6.45) is -1.85. The van der Waals surface area contributed by atoms with Gasteiger partial charge in [0.2, 0.25) is 6.79 Å². The number of rotatable bonds is 8. The molecule has 2 aliphatic rings. The first kappa shape index (κ1) is 25.6. The van der Waals surface area contributed by atoms with Crippen LogP contribution in [-0.4, -0.2) is 60.3 Å². The molecule has 3 heterocycles. The lowest BCUT2D eigenvalue weighted by Gasteiger charge is -2.37. The third-order valence-electron chi connectivity index (χ3n) is 6.97. The smallest absolute Gasteiger partial charge is 0.416 e. The second-order valence-corrected chi connectivity index (χ2v) is 10.3. The van der Waals surface area contributed by atoms with Gasteiger partial charge >= 0.3 is 6.18 Å². The Balaban J connectivity index is 1.21. The summed E-state index contributed by atoms with van der Waals surface area (Å²) < 4.78 is 50.4. The number of hydrogen-bond acceptors (Lipinski definition) is 6. The third kappa shape index (κ3) is 6.27. The number of halogens is 3. The minimum atomic E-state index is -4.38. The van der Waals surface area contributed by atoms with Gasteiger partial charge < -0.3 is 14.8 Å². The molecule has 5 rings (SSSR count). The second-order valence-electron chi connectivity index (χ2n) is 10.3. The highest BCUT2D eigenvalue weighted by atomic mass is 19.4. The highest BCUT2D eigenvalue weighted by Gasteiger charge is 2.31. The highest BCUT2D eigenvalue weighted by Crippen LogP contribution is 2.34. The molecule has 1 fully saturated rings. The lowest BCUT2D eigenvalue weighted by Crippen LogP contribution is -2.49. The monoisotopic (exact) mass is 514 g/mol. The molecule has 9 heteroatoms. The Morgan fingerprint density at radius 1 is 0.946 bits per heavy atom. The Hall–Kier alpha value is -3.04. The van der Waals surface area contributed by atoms with Crippen molar-refractivity contribution < 1.29 is 22.6 Å². The first-order valence-corrected chi connectivity index (χ1v) is 12.8. The van der Waals surface area contributed by atoms with Crippen molar-refractivity contribution in [3.63, 3.8) is 0 Å². The van der Waals surface area contributed by atoms with Gasteiger partial charge in [-0.3, -0.25) is 14.8 Å². The van der Waals surface area contributed by atoms with Gasteiger partial charge in [0, 0.05) is 62.6 Å². The molecule has 1 aromatic heterocycles. The van der Waals surface area contributed by atoms with Crippen LogP contribution in [0.25, 0.3) is 10.9 Å². The summed E-state index contributed by atoms with van der Waals surface area (Å²) in [5.41, 5.74) is 1.71. The maximum Gasteiger partial charge on any atom is 0.416 e. The number of nitrogens with one attached hydrogen (secondary N) is 1. The van der Waals surface area contributed by atoms with Crippen LogP contribution in [0.2, 0.25) is 0 Å². The average molecular weight is 515 g/mol. The topological polar surface area (TPSA) is 49.9 Å². The highest BCUT2D eigenvalue weighted by molar-refractivity contribution is 5.91. The van der Waals surface area contributed by atoms with E-state index >= 15 is 0 Å². The summed E-state index contributed by atoms with van der Waals surface area (Å²) in [6, 6.07) is 11.9. The average Bonchev–Trinajstić information content (AvgIpc) is 3.32. The van der Waals surface area contributed by atoms with E-state index in [0.29, 0.717) is 16.8 Å². The molecule has 1 N–H and O–H groups in total. The molecule has 198 valence electrons. The van der Waals surface area contributed by atoms with Crippen molar-refractivity contribution >= 4 is 16.6 Å². The van der Waals surface area contributed by atoms with Crippen LogP contribution in [0, 0.1) is 5.92 Å². The number of piperazine rings is 1. The van der Waals surface area contributed by atoms with E-state index in [1.165, 1.54) is 11.6 Å². The number of aromatic nitrogens is 1. The Morgan fingerprint density at radius 2 is 1.70 bits per heavy atom. The summed E-state index contributed by atoms with van der Waals surface area (Å²) in [5, 5.41) is 4.34. The van der Waals surface area contributed by atoms with E-state index in [0.717, 1.165) is 75.0 Å². The van der Waals surface area contributed by atoms with Crippen LogP contribution < -0.4 is 14.8 Å². The molecule has 2 aliphatic heterocycles. The molecule has 0 amide bonds. The maximum atomic E-state index is 13.2. The Kier molecular flexibility index (Phi) is 7.44. The number of nitrogens with zero attached hydrogens (tertiary/aromatic N) is 3. The molecular weight excluding hydrogens is 481 g/mol. The van der Waals surface area contributed by atoms with Gasteiger partial charge in [0.25, 0.3) is 0 Å². The number of pyridine rings is 1. The van der Waals surface area contributed by atoms with E-state index in [-0.39, 0.29) is 12.8 Å². The van der Waals surface area contributed by atoms with Gasteiger partial charge in [-0.05, 0) is 48.2 Å². The van der Waals surface area contributed by atoms with Crippen molar-refractivity contribution in [2.75, 3.05) is 44.8 Å². The fourth-order valence-corrected chi connectivity index (χ4v) is 5.16. The van der Waals surface area contributed by atoms with Crippen LogP contribution in [0.1, 0.15) is 31.4 Å². The molecule has 0 aliphatic carbocycles. The van der Waals surface area contributed by atoms with Crippen LogP contribution in [0.3, 0.4) is 0 Å². The summed E-state index contributed by atoms with van der Waals surface area (Å²) in [6.45, 7) is 10.3. The molecule has 1 unspecified atom stereocenters. The molecule has 2 aromatic carbocycles. The first-order chi connectivity index (χ1) is 17.7. The molecule has 1 atom stereocenters. The third-order valence-corrected chi connectivity index (χ3v) is 6.97. The Morgan fingerprint density at radius 3 is 2.46 bits per heavy atom. The molecule has 37 heavy (non-hydrogen) atoms. The number of ether oxygens (including phenoxy) is 2. The van der Waals surface area contributed by atoms with E-state index in [2.05, 4.69) is 46.1 Å². The van der Waals surface area contributed by atoms with E-state index in [1.54, 1.807) is 6.20 Å². The van der Waals surface area contributed by atoms with Crippen LogP contribution in [-0.2, 0) is 12.7 Å². The Labute approximate surface area is 215 Å². The molecule has 0 saturated carbocycles. The lowest BCUT2D eigenvalue weighted by atomic mass is 10.0. The molecule has 0 bridgehead atoms. The minimum absolute atomic E-state index is 0.174. The zero-order valence-electron chi connectivity index (χ0n) is 21.2. The zero-order chi connectivity index (χ0) is 26.0. The normalized spacial score (nSPS) is 17.5. The van der Waals surface area contributed by atoms with Gasteiger partial charge in [0.05, 0.1) is 11.1 Å². The molecule has 6 nitrogen and oxygen atoms in total. The van der Waals surface area contributed by atoms with Gasteiger partial charge in [-0.15, -0.1) is 0 Å². The van der Waals surface area contributed by atoms with Gasteiger partial charge in [0.15, 0.2) is 11.5 Å². The second kappa shape index (κ2) is 10.8. The van der Waals surface area contributed by atoms with E-state index < -0.39 is 11.7 Å². The van der Waals surface area contributed by atoms with E-state index in [1.807, 2.05) is 12.1 Å². The SMILES string of the molecule is CC(C)CC(CN1CCN(Cc2ccc3c(c2)OCO3)CC1)Nc1ccnc2cc(C(F)(F)F)ccc12. The van der Waals surface area contributed by atoms with Crippen molar-refractivity contribution in [2.45, 2.75) is 39.0 Å². The van der Waals surface area contributed by atoms with Crippen LogP contribution in [0.15, 0.2) is 48.7 Å². The predicted molar refractivity (Wildman–Crippen MR) is 138 cm³/mol. The van der Waals surface area contributed by atoms with E-state index in [4.69, 9.17) is 9.47 Å². The molecular formula is C28H33F3N4O2. The van der Waals surface area contributed by atoms with Crippen molar-refractivity contribution in [2.24, 2.45) is 5.92 Å². The maximum absolute atomic E-state index is 13.2.